The van der Waals surface area contributed by atoms with E-state index in [9.17, 15) is 19.8 Å². The number of ketones is 2. The van der Waals surface area contributed by atoms with E-state index in [4.69, 9.17) is 0 Å². The van der Waals surface area contributed by atoms with Crippen molar-refractivity contribution in [3.63, 3.8) is 0 Å². The van der Waals surface area contributed by atoms with Crippen LogP contribution in [0.5, 0.6) is 0 Å². The minimum Gasteiger partial charge on any atom is -0.392 e. The van der Waals surface area contributed by atoms with Crippen LogP contribution in [0.3, 0.4) is 0 Å². The van der Waals surface area contributed by atoms with E-state index < -0.39 is 23.8 Å². The summed E-state index contributed by atoms with van der Waals surface area (Å²) in [6, 6.07) is 0. The van der Waals surface area contributed by atoms with Crippen LogP contribution in [0.1, 0.15) is 90.9 Å². The zero-order chi connectivity index (χ0) is 16.8. The summed E-state index contributed by atoms with van der Waals surface area (Å²) in [5.74, 6) is -1.05. The molecular weight excluding hydrogens is 280 g/mol. The molecule has 4 heteroatoms. The first-order valence-electron chi connectivity index (χ1n) is 8.92. The van der Waals surface area contributed by atoms with Gasteiger partial charge in [0.15, 0.2) is 11.6 Å². The number of rotatable bonds is 15. The second-order valence-corrected chi connectivity index (χ2v) is 6.19. The Morgan fingerprint density at radius 2 is 1.09 bits per heavy atom. The van der Waals surface area contributed by atoms with E-state index in [1.54, 1.807) is 0 Å². The molecule has 130 valence electrons. The maximum atomic E-state index is 12.1. The monoisotopic (exact) mass is 314 g/mol. The van der Waals surface area contributed by atoms with Gasteiger partial charge in [-0.2, -0.15) is 0 Å². The Morgan fingerprint density at radius 1 is 0.727 bits per heavy atom. The van der Waals surface area contributed by atoms with E-state index in [0.29, 0.717) is 12.8 Å². The van der Waals surface area contributed by atoms with Crippen molar-refractivity contribution in [1.82, 2.24) is 0 Å². The SMILES string of the molecule is CCCCCCCC(=O)C(O)(CO)C(=O)CCCCCCC. The van der Waals surface area contributed by atoms with E-state index in [1.807, 2.05) is 0 Å². The van der Waals surface area contributed by atoms with E-state index in [0.717, 1.165) is 51.4 Å². The summed E-state index contributed by atoms with van der Waals surface area (Å²) in [4.78, 5) is 24.1. The number of aliphatic hydroxyl groups excluding tert-OH is 1. The van der Waals surface area contributed by atoms with E-state index in [1.165, 1.54) is 0 Å². The van der Waals surface area contributed by atoms with Gasteiger partial charge < -0.3 is 10.2 Å². The van der Waals surface area contributed by atoms with Crippen molar-refractivity contribution < 1.29 is 19.8 Å². The quantitative estimate of drug-likeness (QED) is 0.358. The van der Waals surface area contributed by atoms with Crippen LogP contribution in [-0.2, 0) is 9.59 Å². The third-order valence-electron chi connectivity index (χ3n) is 4.17. The lowest BCUT2D eigenvalue weighted by atomic mass is 9.88. The molecule has 0 spiro atoms. The van der Waals surface area contributed by atoms with E-state index in [2.05, 4.69) is 13.8 Å². The van der Waals surface area contributed by atoms with Crippen LogP contribution in [0.4, 0.5) is 0 Å². The lowest BCUT2D eigenvalue weighted by Gasteiger charge is -2.23. The predicted octanol–water partition coefficient (Wildman–Crippen LogP) is 3.57. The summed E-state index contributed by atoms with van der Waals surface area (Å²) in [5, 5.41) is 19.5. The average Bonchev–Trinajstić information content (AvgIpc) is 2.53. The van der Waals surface area contributed by atoms with Gasteiger partial charge in [0.1, 0.15) is 0 Å². The van der Waals surface area contributed by atoms with Gasteiger partial charge in [0.25, 0.3) is 0 Å². The Balaban J connectivity index is 4.17. The number of hydrogen-bond donors (Lipinski definition) is 2. The van der Waals surface area contributed by atoms with Crippen molar-refractivity contribution >= 4 is 11.6 Å². The molecule has 0 rings (SSSR count). The van der Waals surface area contributed by atoms with Crippen LogP contribution < -0.4 is 0 Å². The van der Waals surface area contributed by atoms with Crippen LogP contribution in [0, 0.1) is 0 Å². The molecule has 0 radical (unpaired) electrons. The zero-order valence-electron chi connectivity index (χ0n) is 14.4. The van der Waals surface area contributed by atoms with Crippen molar-refractivity contribution in [2.45, 2.75) is 96.5 Å². The zero-order valence-corrected chi connectivity index (χ0v) is 14.4. The van der Waals surface area contributed by atoms with Gasteiger partial charge in [-0.15, -0.1) is 0 Å². The van der Waals surface area contributed by atoms with Crippen molar-refractivity contribution in [3.8, 4) is 0 Å². The number of Topliss-reactive ketones (excluding diaryl/α,β-unsaturated/α-hetero) is 2. The maximum Gasteiger partial charge on any atom is 0.204 e. The van der Waals surface area contributed by atoms with Gasteiger partial charge >= 0.3 is 0 Å². The molecule has 2 N–H and O–H groups in total. The molecule has 22 heavy (non-hydrogen) atoms. The molecule has 0 heterocycles. The van der Waals surface area contributed by atoms with Crippen LogP contribution in [0.15, 0.2) is 0 Å². The largest absolute Gasteiger partial charge is 0.392 e. The van der Waals surface area contributed by atoms with Gasteiger partial charge in [-0.3, -0.25) is 9.59 Å². The Morgan fingerprint density at radius 3 is 1.41 bits per heavy atom. The lowest BCUT2D eigenvalue weighted by molar-refractivity contribution is -0.155. The molecule has 0 aliphatic carbocycles. The highest BCUT2D eigenvalue weighted by Crippen LogP contribution is 2.17. The Labute approximate surface area is 135 Å². The predicted molar refractivity (Wildman–Crippen MR) is 88.8 cm³/mol. The minimum atomic E-state index is -2.17. The Hall–Kier alpha value is -0.740. The molecule has 0 amide bonds. The first-order chi connectivity index (χ1) is 10.5. The van der Waals surface area contributed by atoms with Gasteiger partial charge in [0, 0.05) is 12.8 Å². The van der Waals surface area contributed by atoms with Crippen LogP contribution in [0.2, 0.25) is 0 Å². The maximum absolute atomic E-state index is 12.1. The number of carbonyl (C=O) groups excluding carboxylic acids is 2. The molecule has 0 aromatic heterocycles. The summed E-state index contributed by atoms with van der Waals surface area (Å²) in [6.45, 7) is 3.44. The number of aliphatic hydroxyl groups is 2. The molecule has 0 aliphatic rings. The molecule has 0 bridgehead atoms. The van der Waals surface area contributed by atoms with Crippen molar-refractivity contribution in [2.75, 3.05) is 6.61 Å². The Bertz CT molecular complexity index is 286. The highest BCUT2D eigenvalue weighted by molar-refractivity contribution is 6.10. The smallest absolute Gasteiger partial charge is 0.204 e. The highest BCUT2D eigenvalue weighted by atomic mass is 16.3. The van der Waals surface area contributed by atoms with E-state index >= 15 is 0 Å². The summed E-state index contributed by atoms with van der Waals surface area (Å²) in [6.07, 6.45) is 10.2. The number of hydrogen-bond acceptors (Lipinski definition) is 4. The summed E-state index contributed by atoms with van der Waals surface area (Å²) < 4.78 is 0. The minimum absolute atomic E-state index is 0.169. The number of unbranched alkanes of at least 4 members (excludes halogenated alkanes) is 8. The third-order valence-corrected chi connectivity index (χ3v) is 4.17. The normalized spacial score (nSPS) is 11.6. The molecular formula is C18H34O4. The molecule has 0 unspecified atom stereocenters. The second kappa shape index (κ2) is 12.8. The first-order valence-corrected chi connectivity index (χ1v) is 8.92. The fourth-order valence-electron chi connectivity index (χ4n) is 2.52. The first kappa shape index (κ1) is 21.3. The van der Waals surface area contributed by atoms with Crippen LogP contribution in [0.25, 0.3) is 0 Å². The van der Waals surface area contributed by atoms with Crippen molar-refractivity contribution in [3.05, 3.63) is 0 Å². The molecule has 0 saturated carbocycles. The molecule has 0 atom stereocenters. The molecule has 0 aromatic carbocycles. The summed E-state index contributed by atoms with van der Waals surface area (Å²) in [5.41, 5.74) is -2.17. The topological polar surface area (TPSA) is 74.6 Å². The number of carbonyl (C=O) groups is 2. The van der Waals surface area contributed by atoms with Crippen molar-refractivity contribution in [1.29, 1.82) is 0 Å². The Kier molecular flexibility index (Phi) is 12.3. The fourth-order valence-corrected chi connectivity index (χ4v) is 2.52. The molecule has 4 nitrogen and oxygen atoms in total. The summed E-state index contributed by atoms with van der Waals surface area (Å²) in [7, 11) is 0. The van der Waals surface area contributed by atoms with Crippen LogP contribution >= 0.6 is 0 Å². The van der Waals surface area contributed by atoms with Gasteiger partial charge in [-0.1, -0.05) is 65.2 Å². The summed E-state index contributed by atoms with van der Waals surface area (Å²) >= 11 is 0. The van der Waals surface area contributed by atoms with E-state index in [-0.39, 0.29) is 12.8 Å². The van der Waals surface area contributed by atoms with Crippen LogP contribution in [-0.4, -0.2) is 34.0 Å². The molecule has 0 saturated heterocycles. The van der Waals surface area contributed by atoms with Gasteiger partial charge in [-0.05, 0) is 12.8 Å². The van der Waals surface area contributed by atoms with Gasteiger partial charge in [-0.25, -0.2) is 0 Å². The van der Waals surface area contributed by atoms with Gasteiger partial charge in [0.05, 0.1) is 6.61 Å². The average molecular weight is 314 g/mol. The molecule has 0 aliphatic heterocycles. The van der Waals surface area contributed by atoms with Gasteiger partial charge in [0.2, 0.25) is 5.60 Å². The third kappa shape index (κ3) is 8.04. The fraction of sp³-hybridized carbons (Fsp3) is 0.889. The molecule has 0 fully saturated rings. The second-order valence-electron chi connectivity index (χ2n) is 6.19. The standard InChI is InChI=1S/C18H34O4/c1-3-5-7-9-11-13-16(20)18(22,15-19)17(21)14-12-10-8-6-4-2/h19,22H,3-15H2,1-2H3. The lowest BCUT2D eigenvalue weighted by Crippen LogP contribution is -2.49. The van der Waals surface area contributed by atoms with Crippen molar-refractivity contribution in [2.24, 2.45) is 0 Å². The highest BCUT2D eigenvalue weighted by Gasteiger charge is 2.41. The molecule has 0 aromatic rings.